The third kappa shape index (κ3) is 4.30. The van der Waals surface area contributed by atoms with Crippen LogP contribution in [0.3, 0.4) is 0 Å². The minimum Gasteiger partial charge on any atom is -0.337 e. The Labute approximate surface area is 141 Å². The molecule has 3 nitrogen and oxygen atoms in total. The number of likely N-dealkylation sites (N-methyl/N-ethyl adjacent to an activating group) is 1. The highest BCUT2D eigenvalue weighted by Gasteiger charge is 2.18. The zero-order chi connectivity index (χ0) is 16.8. The third-order valence-electron chi connectivity index (χ3n) is 3.70. The summed E-state index contributed by atoms with van der Waals surface area (Å²) in [5, 5.41) is 3.40. The number of hydrogen-bond acceptors (Lipinski definition) is 2. The molecule has 2 aromatic rings. The van der Waals surface area contributed by atoms with E-state index < -0.39 is 5.82 Å². The number of nitrogens with zero attached hydrogens (tertiary/aromatic N) is 1. The molecule has 5 heteroatoms. The normalized spacial score (nSPS) is 10.6. The largest absolute Gasteiger partial charge is 0.337 e. The molecule has 1 N–H and O–H groups in total. The van der Waals surface area contributed by atoms with Crippen molar-refractivity contribution >= 4 is 17.5 Å². The van der Waals surface area contributed by atoms with E-state index in [-0.39, 0.29) is 12.5 Å². The molecule has 2 aromatic carbocycles. The van der Waals surface area contributed by atoms with Gasteiger partial charge in [-0.25, -0.2) is 4.39 Å². The molecule has 0 heterocycles. The second-order valence-corrected chi connectivity index (χ2v) is 5.78. The predicted molar refractivity (Wildman–Crippen MR) is 91.3 cm³/mol. The van der Waals surface area contributed by atoms with E-state index >= 15 is 0 Å². The van der Waals surface area contributed by atoms with Crippen molar-refractivity contribution in [3.05, 3.63) is 70.0 Å². The zero-order valence-corrected chi connectivity index (χ0v) is 14.0. The van der Waals surface area contributed by atoms with Crippen LogP contribution in [-0.4, -0.2) is 31.4 Å². The van der Waals surface area contributed by atoms with Gasteiger partial charge in [0.15, 0.2) is 0 Å². The molecular weight excluding hydrogens is 315 g/mol. The Morgan fingerprint density at radius 3 is 2.65 bits per heavy atom. The van der Waals surface area contributed by atoms with Crippen molar-refractivity contribution in [3.8, 4) is 0 Å². The quantitative estimate of drug-likeness (QED) is 0.876. The number of benzene rings is 2. The second kappa shape index (κ2) is 8.09. The first kappa shape index (κ1) is 17.4. The van der Waals surface area contributed by atoms with Crippen LogP contribution >= 0.6 is 11.6 Å². The van der Waals surface area contributed by atoms with E-state index in [9.17, 15) is 9.18 Å². The van der Waals surface area contributed by atoms with Gasteiger partial charge in [0.2, 0.25) is 0 Å². The minimum atomic E-state index is -0.402. The number of nitrogens with one attached hydrogen (secondary N) is 1. The Bertz CT molecular complexity index is 670. The summed E-state index contributed by atoms with van der Waals surface area (Å²) in [5.41, 5.74) is 1.94. The van der Waals surface area contributed by atoms with Crippen molar-refractivity contribution in [2.75, 3.05) is 20.6 Å². The molecule has 23 heavy (non-hydrogen) atoms. The Balaban J connectivity index is 2.20. The van der Waals surface area contributed by atoms with E-state index in [2.05, 4.69) is 5.32 Å². The fourth-order valence-corrected chi connectivity index (χ4v) is 2.63. The monoisotopic (exact) mass is 334 g/mol. The lowest BCUT2D eigenvalue weighted by Gasteiger charge is -2.20. The molecule has 0 saturated heterocycles. The Morgan fingerprint density at radius 2 is 1.96 bits per heavy atom. The predicted octanol–water partition coefficient (Wildman–Crippen LogP) is 3.51. The third-order valence-corrected chi connectivity index (χ3v) is 4.05. The fraction of sp³-hybridized carbons (Fsp3) is 0.278. The van der Waals surface area contributed by atoms with Crippen LogP contribution in [0.4, 0.5) is 4.39 Å². The number of amides is 1. The number of carbonyl (C=O) groups is 1. The van der Waals surface area contributed by atoms with Gasteiger partial charge in [0.25, 0.3) is 5.91 Å². The van der Waals surface area contributed by atoms with Gasteiger partial charge < -0.3 is 10.2 Å². The molecule has 0 radical (unpaired) electrons. The molecule has 0 aromatic heterocycles. The minimum absolute atomic E-state index is 0.130. The molecule has 0 saturated carbocycles. The zero-order valence-electron chi connectivity index (χ0n) is 13.3. The lowest BCUT2D eigenvalue weighted by atomic mass is 10.0. The maximum absolute atomic E-state index is 13.9. The van der Waals surface area contributed by atoms with Crippen LogP contribution in [0.5, 0.6) is 0 Å². The van der Waals surface area contributed by atoms with Crippen molar-refractivity contribution in [1.29, 1.82) is 0 Å². The van der Waals surface area contributed by atoms with Crippen molar-refractivity contribution in [2.45, 2.75) is 13.0 Å². The van der Waals surface area contributed by atoms with Gasteiger partial charge >= 0.3 is 0 Å². The first-order valence-corrected chi connectivity index (χ1v) is 7.83. The molecule has 0 atom stereocenters. The number of halogens is 2. The maximum atomic E-state index is 13.9. The molecule has 0 aliphatic heterocycles. The Hall–Kier alpha value is -1.91. The van der Waals surface area contributed by atoms with E-state index in [0.29, 0.717) is 16.1 Å². The van der Waals surface area contributed by atoms with Gasteiger partial charge in [-0.1, -0.05) is 35.9 Å². The summed E-state index contributed by atoms with van der Waals surface area (Å²) in [5.74, 6) is -0.545. The summed E-state index contributed by atoms with van der Waals surface area (Å²) >= 11 is 6.04. The molecule has 122 valence electrons. The Morgan fingerprint density at radius 1 is 1.22 bits per heavy atom. The van der Waals surface area contributed by atoms with E-state index in [1.807, 2.05) is 25.2 Å². The van der Waals surface area contributed by atoms with Crippen molar-refractivity contribution < 1.29 is 9.18 Å². The van der Waals surface area contributed by atoms with E-state index in [0.717, 1.165) is 18.5 Å². The van der Waals surface area contributed by atoms with Crippen LogP contribution in [0.15, 0.2) is 42.5 Å². The fourth-order valence-electron chi connectivity index (χ4n) is 2.40. The summed E-state index contributed by atoms with van der Waals surface area (Å²) in [4.78, 5) is 14.2. The highest BCUT2D eigenvalue weighted by molar-refractivity contribution is 6.31. The molecule has 0 aliphatic carbocycles. The topological polar surface area (TPSA) is 32.3 Å². The smallest absolute Gasteiger partial charge is 0.254 e. The SMILES string of the molecule is CNCCc1ccccc1C(=O)N(C)Cc1c(F)cccc1Cl. The highest BCUT2D eigenvalue weighted by Crippen LogP contribution is 2.21. The lowest BCUT2D eigenvalue weighted by Crippen LogP contribution is -2.28. The molecule has 1 amide bonds. The van der Waals surface area contributed by atoms with Crippen molar-refractivity contribution in [1.82, 2.24) is 10.2 Å². The molecule has 0 spiro atoms. The molecule has 0 aliphatic rings. The van der Waals surface area contributed by atoms with E-state index in [4.69, 9.17) is 11.6 Å². The van der Waals surface area contributed by atoms with E-state index in [1.54, 1.807) is 25.2 Å². The molecular formula is C18H20ClFN2O. The average Bonchev–Trinajstić information content (AvgIpc) is 2.56. The van der Waals surface area contributed by atoms with Crippen LogP contribution in [0, 0.1) is 5.82 Å². The highest BCUT2D eigenvalue weighted by atomic mass is 35.5. The van der Waals surface area contributed by atoms with Gasteiger partial charge in [0, 0.05) is 29.7 Å². The average molecular weight is 335 g/mol. The Kier molecular flexibility index (Phi) is 6.13. The van der Waals surface area contributed by atoms with Crippen LogP contribution < -0.4 is 5.32 Å². The van der Waals surface area contributed by atoms with Gasteiger partial charge in [0.05, 0.1) is 0 Å². The summed E-state index contributed by atoms with van der Waals surface area (Å²) in [7, 11) is 3.52. The second-order valence-electron chi connectivity index (χ2n) is 5.37. The van der Waals surface area contributed by atoms with Gasteiger partial charge in [-0.2, -0.15) is 0 Å². The first-order chi connectivity index (χ1) is 11.0. The number of hydrogen-bond donors (Lipinski definition) is 1. The first-order valence-electron chi connectivity index (χ1n) is 7.45. The van der Waals surface area contributed by atoms with Gasteiger partial charge in [-0.05, 0) is 43.8 Å². The molecule has 0 unspecified atom stereocenters. The summed E-state index contributed by atoms with van der Waals surface area (Å²) in [6.45, 7) is 0.915. The summed E-state index contributed by atoms with van der Waals surface area (Å²) in [6.07, 6.45) is 0.757. The molecule has 0 bridgehead atoms. The number of rotatable bonds is 6. The maximum Gasteiger partial charge on any atom is 0.254 e. The molecule has 0 fully saturated rings. The molecule has 2 rings (SSSR count). The van der Waals surface area contributed by atoms with Crippen LogP contribution in [-0.2, 0) is 13.0 Å². The standard InChI is InChI=1S/C18H20ClFN2O/c1-21-11-10-13-6-3-4-7-14(13)18(23)22(2)12-15-16(19)8-5-9-17(15)20/h3-9,21H,10-12H2,1-2H3. The lowest BCUT2D eigenvalue weighted by molar-refractivity contribution is 0.0783. The van der Waals surface area contributed by atoms with Gasteiger partial charge in [0.1, 0.15) is 5.82 Å². The van der Waals surface area contributed by atoms with Crippen LogP contribution in [0.1, 0.15) is 21.5 Å². The van der Waals surface area contributed by atoms with Crippen LogP contribution in [0.25, 0.3) is 0 Å². The van der Waals surface area contributed by atoms with Crippen molar-refractivity contribution in [3.63, 3.8) is 0 Å². The van der Waals surface area contributed by atoms with Crippen molar-refractivity contribution in [2.24, 2.45) is 0 Å². The van der Waals surface area contributed by atoms with Crippen LogP contribution in [0.2, 0.25) is 5.02 Å². The van der Waals surface area contributed by atoms with Gasteiger partial charge in [-0.15, -0.1) is 0 Å². The van der Waals surface area contributed by atoms with E-state index in [1.165, 1.54) is 11.0 Å². The summed E-state index contributed by atoms with van der Waals surface area (Å²) in [6, 6.07) is 12.0. The summed E-state index contributed by atoms with van der Waals surface area (Å²) < 4.78 is 13.9. The van der Waals surface area contributed by atoms with Gasteiger partial charge in [-0.3, -0.25) is 4.79 Å². The number of carbonyl (C=O) groups excluding carboxylic acids is 1.